The van der Waals surface area contributed by atoms with Gasteiger partial charge in [0.05, 0.1) is 6.20 Å². The Morgan fingerprint density at radius 2 is 2.10 bits per heavy atom. The van der Waals surface area contributed by atoms with Gasteiger partial charge in [-0.2, -0.15) is 0 Å². The molecule has 0 bridgehead atoms. The normalized spacial score (nSPS) is 17.7. The standard InChI is InChI=1S/C15H19N3O3/c1-2-8-16-15(20)13-14(19)12(9-17-18-13)21-10-11-6-4-3-5-7-11/h3-7,9,13,17-18H,2,8,10H2,1H3,(H,16,20). The van der Waals surface area contributed by atoms with Crippen molar-refractivity contribution in [1.29, 1.82) is 0 Å². The van der Waals surface area contributed by atoms with Gasteiger partial charge < -0.3 is 15.5 Å². The number of hydrogen-bond acceptors (Lipinski definition) is 5. The van der Waals surface area contributed by atoms with Crippen LogP contribution in [0, 0.1) is 0 Å². The van der Waals surface area contributed by atoms with Crippen molar-refractivity contribution in [3.63, 3.8) is 0 Å². The Labute approximate surface area is 123 Å². The third kappa shape index (κ3) is 4.06. The van der Waals surface area contributed by atoms with Gasteiger partial charge in [0.25, 0.3) is 0 Å². The van der Waals surface area contributed by atoms with Gasteiger partial charge in [0, 0.05) is 6.54 Å². The zero-order chi connectivity index (χ0) is 15.1. The van der Waals surface area contributed by atoms with Crippen molar-refractivity contribution in [3.8, 4) is 0 Å². The summed E-state index contributed by atoms with van der Waals surface area (Å²) in [5.41, 5.74) is 6.28. The van der Waals surface area contributed by atoms with Crippen molar-refractivity contribution >= 4 is 11.7 Å². The van der Waals surface area contributed by atoms with E-state index in [0.29, 0.717) is 6.54 Å². The van der Waals surface area contributed by atoms with E-state index < -0.39 is 6.04 Å². The van der Waals surface area contributed by atoms with Crippen molar-refractivity contribution in [2.24, 2.45) is 0 Å². The highest BCUT2D eigenvalue weighted by atomic mass is 16.5. The van der Waals surface area contributed by atoms with Crippen LogP contribution in [0.3, 0.4) is 0 Å². The lowest BCUT2D eigenvalue weighted by Crippen LogP contribution is -2.56. The molecule has 0 aliphatic carbocycles. The predicted octanol–water partition coefficient (Wildman–Crippen LogP) is 0.616. The first-order valence-electron chi connectivity index (χ1n) is 6.92. The van der Waals surface area contributed by atoms with E-state index in [1.807, 2.05) is 37.3 Å². The highest BCUT2D eigenvalue weighted by molar-refractivity contribution is 6.12. The number of carbonyl (C=O) groups is 2. The number of ketones is 1. The number of amides is 1. The zero-order valence-electron chi connectivity index (χ0n) is 11.9. The Balaban J connectivity index is 1.93. The fourth-order valence-corrected chi connectivity index (χ4v) is 1.85. The second kappa shape index (κ2) is 7.44. The molecule has 0 radical (unpaired) electrons. The maximum atomic E-state index is 12.2. The summed E-state index contributed by atoms with van der Waals surface area (Å²) in [7, 11) is 0. The Morgan fingerprint density at radius 1 is 1.33 bits per heavy atom. The SMILES string of the molecule is CCCNC(=O)C1NNC=C(OCc2ccccc2)C1=O. The van der Waals surface area contributed by atoms with Crippen molar-refractivity contribution in [2.75, 3.05) is 6.54 Å². The van der Waals surface area contributed by atoms with Gasteiger partial charge >= 0.3 is 0 Å². The first-order valence-corrected chi connectivity index (χ1v) is 6.92. The molecule has 1 aromatic rings. The molecule has 0 saturated heterocycles. The third-order valence-corrected chi connectivity index (χ3v) is 2.98. The largest absolute Gasteiger partial charge is 0.484 e. The summed E-state index contributed by atoms with van der Waals surface area (Å²) < 4.78 is 5.50. The fourth-order valence-electron chi connectivity index (χ4n) is 1.85. The van der Waals surface area contributed by atoms with Crippen molar-refractivity contribution in [3.05, 3.63) is 47.9 Å². The quantitative estimate of drug-likeness (QED) is 0.669. The third-order valence-electron chi connectivity index (χ3n) is 2.98. The Hall–Kier alpha value is -2.34. The minimum atomic E-state index is -0.965. The average molecular weight is 289 g/mol. The second-order valence-corrected chi connectivity index (χ2v) is 4.66. The van der Waals surface area contributed by atoms with Crippen LogP contribution in [0.25, 0.3) is 0 Å². The van der Waals surface area contributed by atoms with Crippen LogP contribution in [0.15, 0.2) is 42.3 Å². The first kappa shape index (κ1) is 15.1. The minimum absolute atomic E-state index is 0.147. The van der Waals surface area contributed by atoms with E-state index in [0.717, 1.165) is 12.0 Å². The van der Waals surface area contributed by atoms with Gasteiger partial charge in [-0.05, 0) is 12.0 Å². The van der Waals surface area contributed by atoms with Crippen LogP contribution in [-0.4, -0.2) is 24.3 Å². The molecule has 0 saturated carbocycles. The van der Waals surface area contributed by atoms with E-state index in [4.69, 9.17) is 4.74 Å². The number of rotatable bonds is 6. The van der Waals surface area contributed by atoms with Crippen molar-refractivity contribution in [2.45, 2.75) is 26.0 Å². The summed E-state index contributed by atoms with van der Waals surface area (Å²) in [5, 5.41) is 2.68. The van der Waals surface area contributed by atoms with E-state index in [1.54, 1.807) is 0 Å². The van der Waals surface area contributed by atoms with Gasteiger partial charge in [-0.3, -0.25) is 9.59 Å². The first-order chi connectivity index (χ1) is 10.2. The van der Waals surface area contributed by atoms with E-state index in [2.05, 4.69) is 16.2 Å². The van der Waals surface area contributed by atoms with Crippen LogP contribution in [0.1, 0.15) is 18.9 Å². The Kier molecular flexibility index (Phi) is 5.34. The molecule has 3 N–H and O–H groups in total. The van der Waals surface area contributed by atoms with Crippen molar-refractivity contribution in [1.82, 2.24) is 16.2 Å². The molecule has 112 valence electrons. The molecule has 0 spiro atoms. The van der Waals surface area contributed by atoms with E-state index in [9.17, 15) is 9.59 Å². The van der Waals surface area contributed by atoms with Crippen LogP contribution < -0.4 is 16.2 Å². The summed E-state index contributed by atoms with van der Waals surface area (Å²) in [6.07, 6.45) is 2.24. The van der Waals surface area contributed by atoms with E-state index in [-0.39, 0.29) is 24.1 Å². The Morgan fingerprint density at radius 3 is 2.81 bits per heavy atom. The molecular formula is C15H19N3O3. The molecule has 6 nitrogen and oxygen atoms in total. The average Bonchev–Trinajstić information content (AvgIpc) is 2.52. The van der Waals surface area contributed by atoms with Crippen LogP contribution in [0.5, 0.6) is 0 Å². The summed E-state index contributed by atoms with van der Waals surface area (Å²) in [4.78, 5) is 24.1. The topological polar surface area (TPSA) is 79.5 Å². The lowest BCUT2D eigenvalue weighted by atomic mass is 10.1. The molecule has 0 fully saturated rings. The molecule has 1 unspecified atom stereocenters. The summed E-state index contributed by atoms with van der Waals surface area (Å²) in [6.45, 7) is 2.76. The summed E-state index contributed by atoms with van der Waals surface area (Å²) in [6, 6.07) is 8.56. The number of benzene rings is 1. The van der Waals surface area contributed by atoms with Crippen molar-refractivity contribution < 1.29 is 14.3 Å². The van der Waals surface area contributed by atoms with Gasteiger partial charge in [0.1, 0.15) is 6.61 Å². The van der Waals surface area contributed by atoms with Crippen LogP contribution in [-0.2, 0) is 20.9 Å². The number of hydrogen-bond donors (Lipinski definition) is 3. The molecule has 1 aliphatic rings. The number of ether oxygens (including phenoxy) is 1. The predicted molar refractivity (Wildman–Crippen MR) is 77.7 cm³/mol. The molecule has 0 aromatic heterocycles. The highest BCUT2D eigenvalue weighted by Crippen LogP contribution is 2.10. The van der Waals surface area contributed by atoms with Crippen LogP contribution >= 0.6 is 0 Å². The lowest BCUT2D eigenvalue weighted by Gasteiger charge is -2.23. The minimum Gasteiger partial charge on any atom is -0.484 e. The number of Topliss-reactive ketones (excluding diaryl/α,β-unsaturated/α-hetero) is 1. The molecule has 1 aromatic carbocycles. The monoisotopic (exact) mass is 289 g/mol. The molecule has 1 amide bonds. The molecule has 1 atom stereocenters. The molecule has 1 heterocycles. The molecular weight excluding hydrogens is 270 g/mol. The number of carbonyl (C=O) groups excluding carboxylic acids is 2. The smallest absolute Gasteiger partial charge is 0.247 e. The highest BCUT2D eigenvalue weighted by Gasteiger charge is 2.32. The van der Waals surface area contributed by atoms with E-state index >= 15 is 0 Å². The van der Waals surface area contributed by atoms with E-state index in [1.165, 1.54) is 6.20 Å². The maximum Gasteiger partial charge on any atom is 0.247 e. The van der Waals surface area contributed by atoms with Gasteiger partial charge in [-0.1, -0.05) is 37.3 Å². The van der Waals surface area contributed by atoms with Gasteiger partial charge in [-0.25, -0.2) is 5.43 Å². The Bertz CT molecular complexity index is 528. The molecule has 21 heavy (non-hydrogen) atoms. The van der Waals surface area contributed by atoms with Gasteiger partial charge in [0.2, 0.25) is 11.7 Å². The number of hydrazine groups is 1. The summed E-state index contributed by atoms with van der Waals surface area (Å²) >= 11 is 0. The van der Waals surface area contributed by atoms with Gasteiger partial charge in [0.15, 0.2) is 11.8 Å². The van der Waals surface area contributed by atoms with Crippen LogP contribution in [0.2, 0.25) is 0 Å². The molecule has 6 heteroatoms. The number of nitrogens with one attached hydrogen (secondary N) is 3. The fraction of sp³-hybridized carbons (Fsp3) is 0.333. The lowest BCUT2D eigenvalue weighted by molar-refractivity contribution is -0.132. The van der Waals surface area contributed by atoms with Gasteiger partial charge in [-0.15, -0.1) is 0 Å². The van der Waals surface area contributed by atoms with Crippen LogP contribution in [0.4, 0.5) is 0 Å². The summed E-state index contributed by atoms with van der Waals surface area (Å²) in [5.74, 6) is -0.587. The zero-order valence-corrected chi connectivity index (χ0v) is 11.9. The molecule has 2 rings (SSSR count). The molecule has 1 aliphatic heterocycles. The second-order valence-electron chi connectivity index (χ2n) is 4.66. The maximum absolute atomic E-state index is 12.2.